The summed E-state index contributed by atoms with van der Waals surface area (Å²) in [6.07, 6.45) is 0.785. The minimum atomic E-state index is -0.953. The van der Waals surface area contributed by atoms with Crippen molar-refractivity contribution in [3.8, 4) is 11.1 Å². The molecule has 0 bridgehead atoms. The molecule has 0 aliphatic heterocycles. The third-order valence-electron chi connectivity index (χ3n) is 3.81. The number of fused-ring (bicyclic) bond motifs is 1. The summed E-state index contributed by atoms with van der Waals surface area (Å²) in [4.78, 5) is 12.1. The second-order valence-electron chi connectivity index (χ2n) is 5.55. The van der Waals surface area contributed by atoms with E-state index in [4.69, 9.17) is 5.73 Å². The standard InChI is InChI=1S/C18H16F2N4O/c1-2-8-22-18(25)17-15(21)12-5-3-4-11(16(12)23-24-17)10-6-7-13(19)14(20)9-10/h3-7,9H,2,8H2,1H3,(H2,21,23)(H,22,25). The van der Waals surface area contributed by atoms with Gasteiger partial charge in [-0.2, -0.15) is 0 Å². The van der Waals surface area contributed by atoms with Gasteiger partial charge >= 0.3 is 0 Å². The normalized spacial score (nSPS) is 10.8. The van der Waals surface area contributed by atoms with Crippen molar-refractivity contribution in [3.63, 3.8) is 0 Å². The number of anilines is 1. The van der Waals surface area contributed by atoms with Gasteiger partial charge in [-0.05, 0) is 24.1 Å². The summed E-state index contributed by atoms with van der Waals surface area (Å²) in [7, 11) is 0. The van der Waals surface area contributed by atoms with Crippen molar-refractivity contribution in [2.24, 2.45) is 0 Å². The molecule has 0 unspecified atom stereocenters. The Morgan fingerprint density at radius 2 is 1.96 bits per heavy atom. The summed E-state index contributed by atoms with van der Waals surface area (Å²) in [6.45, 7) is 2.44. The van der Waals surface area contributed by atoms with Crippen molar-refractivity contribution in [1.82, 2.24) is 15.5 Å². The Morgan fingerprint density at radius 1 is 1.16 bits per heavy atom. The zero-order valence-corrected chi connectivity index (χ0v) is 13.5. The van der Waals surface area contributed by atoms with Gasteiger partial charge in [0.15, 0.2) is 17.3 Å². The van der Waals surface area contributed by atoms with Gasteiger partial charge in [-0.15, -0.1) is 10.2 Å². The maximum atomic E-state index is 13.5. The largest absolute Gasteiger partial charge is 0.396 e. The smallest absolute Gasteiger partial charge is 0.273 e. The van der Waals surface area contributed by atoms with Crippen LogP contribution in [-0.4, -0.2) is 22.6 Å². The van der Waals surface area contributed by atoms with Gasteiger partial charge in [0.25, 0.3) is 5.91 Å². The quantitative estimate of drug-likeness (QED) is 0.762. The van der Waals surface area contributed by atoms with E-state index in [0.29, 0.717) is 28.6 Å². The van der Waals surface area contributed by atoms with E-state index in [1.165, 1.54) is 6.07 Å². The summed E-state index contributed by atoms with van der Waals surface area (Å²) >= 11 is 0. The summed E-state index contributed by atoms with van der Waals surface area (Å²) in [5.74, 6) is -2.28. The molecule has 0 aliphatic carbocycles. The number of rotatable bonds is 4. The molecule has 0 fully saturated rings. The molecule has 0 saturated heterocycles. The summed E-state index contributed by atoms with van der Waals surface area (Å²) in [5, 5.41) is 11.3. The first-order valence-corrected chi connectivity index (χ1v) is 7.81. The van der Waals surface area contributed by atoms with E-state index in [9.17, 15) is 13.6 Å². The Morgan fingerprint density at radius 3 is 2.68 bits per heavy atom. The second-order valence-corrected chi connectivity index (χ2v) is 5.55. The third-order valence-corrected chi connectivity index (χ3v) is 3.81. The van der Waals surface area contributed by atoms with Gasteiger partial charge in [-0.3, -0.25) is 4.79 Å². The van der Waals surface area contributed by atoms with Crippen LogP contribution >= 0.6 is 0 Å². The molecule has 0 atom stereocenters. The number of hydrogen-bond donors (Lipinski definition) is 2. The van der Waals surface area contributed by atoms with Crippen molar-refractivity contribution in [2.75, 3.05) is 12.3 Å². The lowest BCUT2D eigenvalue weighted by atomic mass is 10.0. The highest BCUT2D eigenvalue weighted by Gasteiger charge is 2.17. The number of benzene rings is 2. The number of amides is 1. The van der Waals surface area contributed by atoms with Crippen molar-refractivity contribution >= 4 is 22.5 Å². The van der Waals surface area contributed by atoms with Crippen LogP contribution in [0.15, 0.2) is 36.4 Å². The van der Waals surface area contributed by atoms with Crippen LogP contribution in [0.1, 0.15) is 23.8 Å². The first-order valence-electron chi connectivity index (χ1n) is 7.81. The van der Waals surface area contributed by atoms with Crippen LogP contribution in [0.5, 0.6) is 0 Å². The predicted octanol–water partition coefficient (Wildman–Crippen LogP) is 3.30. The fourth-order valence-corrected chi connectivity index (χ4v) is 2.54. The third kappa shape index (κ3) is 3.13. The van der Waals surface area contributed by atoms with Gasteiger partial charge in [0, 0.05) is 17.5 Å². The highest BCUT2D eigenvalue weighted by molar-refractivity contribution is 6.07. The van der Waals surface area contributed by atoms with E-state index in [-0.39, 0.29) is 11.4 Å². The molecule has 25 heavy (non-hydrogen) atoms. The number of nitrogens with two attached hydrogens (primary N) is 1. The van der Waals surface area contributed by atoms with E-state index in [0.717, 1.165) is 18.6 Å². The number of nitrogen functional groups attached to an aromatic ring is 1. The SMILES string of the molecule is CCCNC(=O)c1nnc2c(-c3ccc(F)c(F)c3)cccc2c1N. The Bertz CT molecular complexity index is 959. The number of nitrogens with zero attached hydrogens (tertiary/aromatic N) is 2. The lowest BCUT2D eigenvalue weighted by molar-refractivity contribution is 0.0949. The lowest BCUT2D eigenvalue weighted by Crippen LogP contribution is -2.26. The van der Waals surface area contributed by atoms with E-state index >= 15 is 0 Å². The molecule has 2 aromatic carbocycles. The maximum Gasteiger partial charge on any atom is 0.273 e. The fourth-order valence-electron chi connectivity index (χ4n) is 2.54. The van der Waals surface area contributed by atoms with Gasteiger partial charge in [-0.1, -0.05) is 31.2 Å². The fraction of sp³-hybridized carbons (Fsp3) is 0.167. The van der Waals surface area contributed by atoms with Gasteiger partial charge in [0.2, 0.25) is 0 Å². The molecule has 0 aliphatic rings. The molecule has 5 nitrogen and oxygen atoms in total. The van der Waals surface area contributed by atoms with E-state index in [2.05, 4.69) is 15.5 Å². The maximum absolute atomic E-state index is 13.5. The minimum absolute atomic E-state index is 0.0448. The average Bonchev–Trinajstić information content (AvgIpc) is 2.62. The molecular weight excluding hydrogens is 326 g/mol. The van der Waals surface area contributed by atoms with Gasteiger partial charge < -0.3 is 11.1 Å². The Hall–Kier alpha value is -3.09. The number of halogens is 2. The van der Waals surface area contributed by atoms with Crippen LogP contribution in [0.25, 0.3) is 22.0 Å². The van der Waals surface area contributed by atoms with E-state index in [1.807, 2.05) is 6.92 Å². The molecule has 3 rings (SSSR count). The molecule has 7 heteroatoms. The van der Waals surface area contributed by atoms with Crippen molar-refractivity contribution in [2.45, 2.75) is 13.3 Å². The average molecular weight is 342 g/mol. The minimum Gasteiger partial charge on any atom is -0.396 e. The molecule has 1 heterocycles. The molecule has 1 amide bonds. The molecule has 3 N–H and O–H groups in total. The first-order chi connectivity index (χ1) is 12.0. The van der Waals surface area contributed by atoms with E-state index in [1.54, 1.807) is 18.2 Å². The monoisotopic (exact) mass is 342 g/mol. The zero-order chi connectivity index (χ0) is 18.0. The topological polar surface area (TPSA) is 80.9 Å². The van der Waals surface area contributed by atoms with Crippen LogP contribution in [0.2, 0.25) is 0 Å². The second kappa shape index (κ2) is 6.80. The van der Waals surface area contributed by atoms with Gasteiger partial charge in [-0.25, -0.2) is 8.78 Å². The molecule has 0 saturated carbocycles. The van der Waals surface area contributed by atoms with Crippen LogP contribution in [0.4, 0.5) is 14.5 Å². The Labute approximate surface area is 142 Å². The highest BCUT2D eigenvalue weighted by Crippen LogP contribution is 2.31. The Balaban J connectivity index is 2.12. The highest BCUT2D eigenvalue weighted by atomic mass is 19.2. The molecular formula is C18H16F2N4O. The van der Waals surface area contributed by atoms with Crippen LogP contribution in [-0.2, 0) is 0 Å². The number of aromatic nitrogens is 2. The molecule has 3 aromatic rings. The van der Waals surface area contributed by atoms with Gasteiger partial charge in [0.05, 0.1) is 5.69 Å². The summed E-state index contributed by atoms with van der Waals surface area (Å²) in [6, 6.07) is 8.72. The Kier molecular flexibility index (Phi) is 4.56. The number of nitrogens with one attached hydrogen (secondary N) is 1. The molecule has 128 valence electrons. The summed E-state index contributed by atoms with van der Waals surface area (Å²) < 4.78 is 26.7. The van der Waals surface area contributed by atoms with Crippen molar-refractivity contribution in [3.05, 3.63) is 53.7 Å². The molecule has 1 aromatic heterocycles. The van der Waals surface area contributed by atoms with Crippen LogP contribution < -0.4 is 11.1 Å². The van der Waals surface area contributed by atoms with Crippen molar-refractivity contribution in [1.29, 1.82) is 0 Å². The van der Waals surface area contributed by atoms with Crippen molar-refractivity contribution < 1.29 is 13.6 Å². The first kappa shape index (κ1) is 16.8. The van der Waals surface area contributed by atoms with Crippen LogP contribution in [0.3, 0.4) is 0 Å². The lowest BCUT2D eigenvalue weighted by Gasteiger charge is -2.10. The van der Waals surface area contributed by atoms with Crippen LogP contribution in [0, 0.1) is 11.6 Å². The molecule has 0 spiro atoms. The number of carbonyl (C=O) groups excluding carboxylic acids is 1. The zero-order valence-electron chi connectivity index (χ0n) is 13.5. The van der Waals surface area contributed by atoms with Gasteiger partial charge in [0.1, 0.15) is 5.52 Å². The van der Waals surface area contributed by atoms with E-state index < -0.39 is 17.5 Å². The predicted molar refractivity (Wildman–Crippen MR) is 91.9 cm³/mol. The number of carbonyl (C=O) groups is 1. The summed E-state index contributed by atoms with van der Waals surface area (Å²) in [5.41, 5.74) is 7.75. The number of hydrogen-bond acceptors (Lipinski definition) is 4. The molecule has 0 radical (unpaired) electrons.